The molecular weight excluding hydrogens is 265 g/mol. The molecule has 1 N–H and O–H groups in total. The summed E-state index contributed by atoms with van der Waals surface area (Å²) in [5, 5.41) is 8.78. The van der Waals surface area contributed by atoms with Crippen LogP contribution in [0, 0.1) is 5.82 Å². The van der Waals surface area contributed by atoms with Gasteiger partial charge in [-0.1, -0.05) is 13.0 Å². The zero-order valence-corrected chi connectivity index (χ0v) is 12.3. The molecule has 0 aliphatic carbocycles. The topological polar surface area (TPSA) is 40.5 Å². The highest BCUT2D eigenvalue weighted by atomic mass is 32.2. The van der Waals surface area contributed by atoms with Gasteiger partial charge in [0.1, 0.15) is 5.82 Å². The highest BCUT2D eigenvalue weighted by Crippen LogP contribution is 2.15. The molecule has 0 aliphatic rings. The van der Waals surface area contributed by atoms with Gasteiger partial charge in [-0.3, -0.25) is 4.90 Å². The molecule has 0 saturated heterocycles. The lowest BCUT2D eigenvalue weighted by Gasteiger charge is -2.26. The van der Waals surface area contributed by atoms with E-state index in [-0.39, 0.29) is 5.56 Å². The van der Waals surface area contributed by atoms with Gasteiger partial charge in [0.2, 0.25) is 0 Å². The molecule has 3 nitrogen and oxygen atoms in total. The average molecular weight is 285 g/mol. The van der Waals surface area contributed by atoms with Crippen molar-refractivity contribution in [2.45, 2.75) is 25.9 Å². The maximum absolute atomic E-state index is 13.6. The zero-order chi connectivity index (χ0) is 14.4. The standard InChI is InChI=1S/C14H20FNO2S/c1-4-11(9-19-3)16(2)8-10-5-6-12(14(17)18)13(15)7-10/h5-7,11H,4,8-9H2,1-3H3,(H,17,18). The number of benzene rings is 1. The average Bonchev–Trinajstić information content (AvgIpc) is 2.35. The molecule has 1 unspecified atom stereocenters. The SMILES string of the molecule is CCC(CSC)N(C)Cc1ccc(C(=O)O)c(F)c1. The van der Waals surface area contributed by atoms with Crippen LogP contribution in [0.25, 0.3) is 0 Å². The lowest BCUT2D eigenvalue weighted by molar-refractivity contribution is 0.0692. The second kappa shape index (κ2) is 7.50. The summed E-state index contributed by atoms with van der Waals surface area (Å²) in [7, 11) is 2.01. The first-order chi connectivity index (χ1) is 8.99. The van der Waals surface area contributed by atoms with Gasteiger partial charge in [-0.15, -0.1) is 0 Å². The van der Waals surface area contributed by atoms with Crippen molar-refractivity contribution in [2.24, 2.45) is 0 Å². The molecule has 0 amide bonds. The molecular formula is C14H20FNO2S. The number of rotatable bonds is 7. The zero-order valence-electron chi connectivity index (χ0n) is 11.5. The molecule has 0 aliphatic heterocycles. The van der Waals surface area contributed by atoms with E-state index in [4.69, 9.17) is 5.11 Å². The minimum Gasteiger partial charge on any atom is -0.478 e. The molecule has 5 heteroatoms. The Morgan fingerprint density at radius 3 is 2.68 bits per heavy atom. The Balaban J connectivity index is 2.77. The fourth-order valence-electron chi connectivity index (χ4n) is 2.00. The third-order valence-corrected chi connectivity index (χ3v) is 3.87. The second-order valence-electron chi connectivity index (χ2n) is 4.55. The number of thioether (sulfide) groups is 1. The van der Waals surface area contributed by atoms with Crippen LogP contribution in [0.3, 0.4) is 0 Å². The van der Waals surface area contributed by atoms with Crippen LogP contribution in [-0.2, 0) is 6.54 Å². The summed E-state index contributed by atoms with van der Waals surface area (Å²) in [5.41, 5.74) is 0.520. The van der Waals surface area contributed by atoms with Gasteiger partial charge in [0, 0.05) is 18.3 Å². The fourth-order valence-corrected chi connectivity index (χ4v) is 2.87. The van der Waals surface area contributed by atoms with Crippen molar-refractivity contribution < 1.29 is 14.3 Å². The first-order valence-electron chi connectivity index (χ1n) is 6.20. The Hall–Kier alpha value is -1.07. The van der Waals surface area contributed by atoms with E-state index >= 15 is 0 Å². The summed E-state index contributed by atoms with van der Waals surface area (Å²) in [5.74, 6) is -0.870. The number of carbonyl (C=O) groups is 1. The van der Waals surface area contributed by atoms with Crippen molar-refractivity contribution in [1.82, 2.24) is 4.90 Å². The van der Waals surface area contributed by atoms with Gasteiger partial charge in [0.25, 0.3) is 0 Å². The third-order valence-electron chi connectivity index (χ3n) is 3.15. The van der Waals surface area contributed by atoms with Crippen molar-refractivity contribution in [3.63, 3.8) is 0 Å². The van der Waals surface area contributed by atoms with Gasteiger partial charge in [0.15, 0.2) is 0 Å². The number of carboxylic acid groups (broad SMARTS) is 1. The van der Waals surface area contributed by atoms with Crippen molar-refractivity contribution in [2.75, 3.05) is 19.1 Å². The molecule has 1 aromatic rings. The van der Waals surface area contributed by atoms with Gasteiger partial charge in [-0.25, -0.2) is 9.18 Å². The highest BCUT2D eigenvalue weighted by molar-refractivity contribution is 7.98. The highest BCUT2D eigenvalue weighted by Gasteiger charge is 2.14. The predicted octanol–water partition coefficient (Wildman–Crippen LogP) is 3.10. The summed E-state index contributed by atoms with van der Waals surface area (Å²) in [4.78, 5) is 12.9. The van der Waals surface area contributed by atoms with Gasteiger partial charge in [-0.05, 0) is 37.4 Å². The fraction of sp³-hybridized carbons (Fsp3) is 0.500. The molecule has 0 heterocycles. The van der Waals surface area contributed by atoms with Crippen LogP contribution in [0.15, 0.2) is 18.2 Å². The van der Waals surface area contributed by atoms with Crippen molar-refractivity contribution in [3.8, 4) is 0 Å². The van der Waals surface area contributed by atoms with Crippen LogP contribution in [-0.4, -0.2) is 41.1 Å². The van der Waals surface area contributed by atoms with Crippen LogP contribution >= 0.6 is 11.8 Å². The van der Waals surface area contributed by atoms with Crippen LogP contribution < -0.4 is 0 Å². The lowest BCUT2D eigenvalue weighted by atomic mass is 10.1. The lowest BCUT2D eigenvalue weighted by Crippen LogP contribution is -2.32. The number of hydrogen-bond donors (Lipinski definition) is 1. The first-order valence-corrected chi connectivity index (χ1v) is 7.59. The smallest absolute Gasteiger partial charge is 0.338 e. The van der Waals surface area contributed by atoms with E-state index in [0.29, 0.717) is 12.6 Å². The maximum Gasteiger partial charge on any atom is 0.338 e. The molecule has 106 valence electrons. The number of aromatic carboxylic acids is 1. The number of hydrogen-bond acceptors (Lipinski definition) is 3. The first kappa shape index (κ1) is 16.0. The van der Waals surface area contributed by atoms with E-state index in [1.54, 1.807) is 17.8 Å². The largest absolute Gasteiger partial charge is 0.478 e. The minimum absolute atomic E-state index is 0.275. The Morgan fingerprint density at radius 1 is 1.53 bits per heavy atom. The summed E-state index contributed by atoms with van der Waals surface area (Å²) in [6.07, 6.45) is 3.10. The van der Waals surface area contributed by atoms with Crippen LogP contribution in [0.1, 0.15) is 29.3 Å². The Labute approximate surface area is 117 Å². The Kier molecular flexibility index (Phi) is 6.31. The van der Waals surface area contributed by atoms with Crippen LogP contribution in [0.5, 0.6) is 0 Å². The van der Waals surface area contributed by atoms with E-state index in [1.807, 2.05) is 7.05 Å². The Morgan fingerprint density at radius 2 is 2.21 bits per heavy atom. The summed E-state index contributed by atoms with van der Waals surface area (Å²) < 4.78 is 13.6. The second-order valence-corrected chi connectivity index (χ2v) is 5.46. The normalized spacial score (nSPS) is 12.7. The number of nitrogens with zero attached hydrogens (tertiary/aromatic N) is 1. The summed E-state index contributed by atoms with van der Waals surface area (Å²) >= 11 is 1.79. The van der Waals surface area contributed by atoms with Crippen molar-refractivity contribution in [1.29, 1.82) is 0 Å². The van der Waals surface area contributed by atoms with Crippen LogP contribution in [0.2, 0.25) is 0 Å². The summed E-state index contributed by atoms with van der Waals surface area (Å²) in [6.45, 7) is 2.75. The molecule has 19 heavy (non-hydrogen) atoms. The number of halogens is 1. The van der Waals surface area contributed by atoms with Crippen molar-refractivity contribution in [3.05, 3.63) is 35.1 Å². The molecule has 0 aromatic heterocycles. The molecule has 0 saturated carbocycles. The van der Waals surface area contributed by atoms with E-state index in [9.17, 15) is 9.18 Å². The van der Waals surface area contributed by atoms with Crippen molar-refractivity contribution >= 4 is 17.7 Å². The predicted molar refractivity (Wildman–Crippen MR) is 77.3 cm³/mol. The molecule has 0 spiro atoms. The molecule has 0 bridgehead atoms. The molecule has 1 aromatic carbocycles. The van der Waals surface area contributed by atoms with Gasteiger partial charge in [-0.2, -0.15) is 11.8 Å². The molecule has 0 radical (unpaired) electrons. The number of carboxylic acids is 1. The minimum atomic E-state index is -1.23. The van der Waals surface area contributed by atoms with E-state index < -0.39 is 11.8 Å². The van der Waals surface area contributed by atoms with Crippen LogP contribution in [0.4, 0.5) is 4.39 Å². The maximum atomic E-state index is 13.6. The van der Waals surface area contributed by atoms with Gasteiger partial charge >= 0.3 is 5.97 Å². The van der Waals surface area contributed by atoms with Gasteiger partial charge < -0.3 is 5.11 Å². The van der Waals surface area contributed by atoms with E-state index in [0.717, 1.165) is 17.7 Å². The van der Waals surface area contributed by atoms with Gasteiger partial charge in [0.05, 0.1) is 5.56 Å². The third kappa shape index (κ3) is 4.51. The summed E-state index contributed by atoms with van der Waals surface area (Å²) in [6, 6.07) is 4.76. The van der Waals surface area contributed by atoms with E-state index in [2.05, 4.69) is 18.1 Å². The quantitative estimate of drug-likeness (QED) is 0.835. The Bertz CT molecular complexity index is 439. The molecule has 1 rings (SSSR count). The molecule has 0 fully saturated rings. The molecule has 1 atom stereocenters. The monoisotopic (exact) mass is 285 g/mol. The van der Waals surface area contributed by atoms with E-state index in [1.165, 1.54) is 12.1 Å².